The molecule has 1 fully saturated rings. The van der Waals surface area contributed by atoms with Gasteiger partial charge in [-0.1, -0.05) is 25.8 Å². The Morgan fingerprint density at radius 1 is 1.15 bits per heavy atom. The number of nitrogens with one attached hydrogen (secondary N) is 1. The third-order valence-electron chi connectivity index (χ3n) is 4.44. The van der Waals surface area contributed by atoms with E-state index >= 15 is 0 Å². The van der Waals surface area contributed by atoms with Gasteiger partial charge in [0.2, 0.25) is 0 Å². The minimum absolute atomic E-state index is 0.669. The highest BCUT2D eigenvalue weighted by Crippen LogP contribution is 2.36. The Morgan fingerprint density at radius 3 is 2.65 bits per heavy atom. The third kappa shape index (κ3) is 2.52. The Labute approximate surface area is 121 Å². The van der Waals surface area contributed by atoms with Gasteiger partial charge in [0.05, 0.1) is 5.52 Å². The van der Waals surface area contributed by atoms with Crippen molar-refractivity contribution in [1.82, 2.24) is 4.98 Å². The predicted molar refractivity (Wildman–Crippen MR) is 86.5 cm³/mol. The molecule has 3 rings (SSSR count). The first-order valence-corrected chi connectivity index (χ1v) is 7.99. The molecule has 106 valence electrons. The van der Waals surface area contributed by atoms with Gasteiger partial charge in [0.25, 0.3) is 0 Å². The van der Waals surface area contributed by atoms with Crippen molar-refractivity contribution in [2.75, 3.05) is 11.9 Å². The molecule has 2 nitrogen and oxygen atoms in total. The summed E-state index contributed by atoms with van der Waals surface area (Å²) in [5.41, 5.74) is 5.07. The van der Waals surface area contributed by atoms with Crippen LogP contribution in [-0.4, -0.2) is 11.5 Å². The fraction of sp³-hybridized carbons (Fsp3) is 0.500. The zero-order valence-corrected chi connectivity index (χ0v) is 12.6. The summed E-state index contributed by atoms with van der Waals surface area (Å²) in [5, 5.41) is 4.80. The number of hydrogen-bond donors (Lipinski definition) is 1. The number of pyridine rings is 1. The van der Waals surface area contributed by atoms with Crippen LogP contribution in [0.1, 0.15) is 56.7 Å². The van der Waals surface area contributed by atoms with E-state index in [1.807, 2.05) is 0 Å². The fourth-order valence-electron chi connectivity index (χ4n) is 3.28. The number of aromatic nitrogens is 1. The summed E-state index contributed by atoms with van der Waals surface area (Å²) in [4.78, 5) is 4.94. The summed E-state index contributed by atoms with van der Waals surface area (Å²) in [6.45, 7) is 5.32. The van der Waals surface area contributed by atoms with Crippen molar-refractivity contribution in [1.29, 1.82) is 0 Å². The van der Waals surface area contributed by atoms with E-state index < -0.39 is 0 Å². The van der Waals surface area contributed by atoms with E-state index in [0.29, 0.717) is 5.92 Å². The third-order valence-corrected chi connectivity index (χ3v) is 4.44. The van der Waals surface area contributed by atoms with Crippen LogP contribution in [-0.2, 0) is 6.42 Å². The van der Waals surface area contributed by atoms with E-state index in [4.69, 9.17) is 4.98 Å². The van der Waals surface area contributed by atoms with E-state index in [2.05, 4.69) is 43.4 Å². The second-order valence-corrected chi connectivity index (χ2v) is 5.81. The van der Waals surface area contributed by atoms with Gasteiger partial charge in [0.1, 0.15) is 0 Å². The van der Waals surface area contributed by atoms with Crippen molar-refractivity contribution in [3.05, 3.63) is 35.5 Å². The molecule has 0 saturated heterocycles. The lowest BCUT2D eigenvalue weighted by Crippen LogP contribution is -2.03. The molecular formula is C18H24N2. The lowest BCUT2D eigenvalue weighted by molar-refractivity contribution is 0.701. The number of aryl methyl sites for hydroxylation is 1. The van der Waals surface area contributed by atoms with Crippen molar-refractivity contribution in [3.8, 4) is 0 Å². The Balaban J connectivity index is 2.10. The van der Waals surface area contributed by atoms with Gasteiger partial charge in [-0.25, -0.2) is 0 Å². The second kappa shape index (κ2) is 5.82. The molecule has 2 aromatic rings. The quantitative estimate of drug-likeness (QED) is 0.854. The van der Waals surface area contributed by atoms with Crippen molar-refractivity contribution in [2.45, 2.75) is 51.9 Å². The van der Waals surface area contributed by atoms with Crippen LogP contribution in [0.3, 0.4) is 0 Å². The van der Waals surface area contributed by atoms with Crippen LogP contribution >= 0.6 is 0 Å². The molecule has 0 aliphatic heterocycles. The predicted octanol–water partition coefficient (Wildman–Crippen LogP) is 4.89. The molecule has 1 aliphatic rings. The summed E-state index contributed by atoms with van der Waals surface area (Å²) in [7, 11) is 0. The first-order chi connectivity index (χ1) is 9.81. The number of benzene rings is 1. The number of rotatable bonds is 4. The summed E-state index contributed by atoms with van der Waals surface area (Å²) < 4.78 is 0. The van der Waals surface area contributed by atoms with Crippen LogP contribution in [0.25, 0.3) is 10.9 Å². The van der Waals surface area contributed by atoms with Gasteiger partial charge in [-0.05, 0) is 49.9 Å². The van der Waals surface area contributed by atoms with Gasteiger partial charge in [0, 0.05) is 29.2 Å². The average molecular weight is 268 g/mol. The topological polar surface area (TPSA) is 24.9 Å². The molecule has 1 N–H and O–H groups in total. The van der Waals surface area contributed by atoms with Gasteiger partial charge in [-0.3, -0.25) is 4.98 Å². The van der Waals surface area contributed by atoms with Crippen LogP contribution < -0.4 is 5.32 Å². The van der Waals surface area contributed by atoms with E-state index in [-0.39, 0.29) is 0 Å². The molecule has 1 heterocycles. The Kier molecular flexibility index (Phi) is 3.90. The normalized spacial score (nSPS) is 15.9. The SMILES string of the molecule is CCNc1cc(C2CCCC2)nc2ccc(CC)cc12. The zero-order chi connectivity index (χ0) is 13.9. The maximum Gasteiger partial charge on any atom is 0.0726 e. The van der Waals surface area contributed by atoms with Crippen LogP contribution in [0.2, 0.25) is 0 Å². The molecule has 0 atom stereocenters. The van der Waals surface area contributed by atoms with Gasteiger partial charge < -0.3 is 5.32 Å². The summed E-state index contributed by atoms with van der Waals surface area (Å²) >= 11 is 0. The molecule has 20 heavy (non-hydrogen) atoms. The Bertz CT molecular complexity index is 598. The maximum absolute atomic E-state index is 4.94. The Morgan fingerprint density at radius 2 is 1.95 bits per heavy atom. The molecule has 0 spiro atoms. The van der Waals surface area contributed by atoms with Crippen LogP contribution in [0, 0.1) is 0 Å². The first-order valence-electron chi connectivity index (χ1n) is 7.99. The zero-order valence-electron chi connectivity index (χ0n) is 12.6. The van der Waals surface area contributed by atoms with Gasteiger partial charge in [0.15, 0.2) is 0 Å². The molecule has 1 aromatic carbocycles. The van der Waals surface area contributed by atoms with E-state index in [0.717, 1.165) is 18.5 Å². The largest absolute Gasteiger partial charge is 0.385 e. The van der Waals surface area contributed by atoms with Crippen molar-refractivity contribution in [3.63, 3.8) is 0 Å². The lowest BCUT2D eigenvalue weighted by atomic mass is 10.00. The summed E-state index contributed by atoms with van der Waals surface area (Å²) in [6, 6.07) is 8.98. The van der Waals surface area contributed by atoms with Crippen LogP contribution in [0.4, 0.5) is 5.69 Å². The van der Waals surface area contributed by atoms with E-state index in [1.165, 1.54) is 48.0 Å². The van der Waals surface area contributed by atoms with E-state index in [9.17, 15) is 0 Å². The number of anilines is 1. The monoisotopic (exact) mass is 268 g/mol. The minimum atomic E-state index is 0.669. The highest BCUT2D eigenvalue weighted by molar-refractivity contribution is 5.92. The van der Waals surface area contributed by atoms with Crippen molar-refractivity contribution < 1.29 is 0 Å². The standard InChI is InChI=1S/C18H24N2/c1-3-13-9-10-16-15(11-13)18(19-4-2)12-17(20-16)14-7-5-6-8-14/h9-12,14H,3-8H2,1-2H3,(H,19,20). The van der Waals surface area contributed by atoms with E-state index in [1.54, 1.807) is 0 Å². The number of hydrogen-bond acceptors (Lipinski definition) is 2. The Hall–Kier alpha value is -1.57. The minimum Gasteiger partial charge on any atom is -0.385 e. The maximum atomic E-state index is 4.94. The molecule has 0 unspecified atom stereocenters. The van der Waals surface area contributed by atoms with Crippen LogP contribution in [0.5, 0.6) is 0 Å². The molecule has 1 aromatic heterocycles. The number of nitrogens with zero attached hydrogens (tertiary/aromatic N) is 1. The highest BCUT2D eigenvalue weighted by atomic mass is 14.9. The van der Waals surface area contributed by atoms with Gasteiger partial charge >= 0.3 is 0 Å². The van der Waals surface area contributed by atoms with Crippen molar-refractivity contribution >= 4 is 16.6 Å². The molecule has 1 saturated carbocycles. The molecule has 0 amide bonds. The molecular weight excluding hydrogens is 244 g/mol. The fourth-order valence-corrected chi connectivity index (χ4v) is 3.28. The number of fused-ring (bicyclic) bond motifs is 1. The molecule has 0 bridgehead atoms. The van der Waals surface area contributed by atoms with Crippen molar-refractivity contribution in [2.24, 2.45) is 0 Å². The van der Waals surface area contributed by atoms with Gasteiger partial charge in [-0.15, -0.1) is 0 Å². The molecule has 0 radical (unpaired) electrons. The lowest BCUT2D eigenvalue weighted by Gasteiger charge is -2.15. The van der Waals surface area contributed by atoms with Gasteiger partial charge in [-0.2, -0.15) is 0 Å². The summed E-state index contributed by atoms with van der Waals surface area (Å²) in [5.74, 6) is 0.669. The second-order valence-electron chi connectivity index (χ2n) is 5.81. The van der Waals surface area contributed by atoms with Crippen LogP contribution in [0.15, 0.2) is 24.3 Å². The highest BCUT2D eigenvalue weighted by Gasteiger charge is 2.19. The molecule has 2 heteroatoms. The summed E-state index contributed by atoms with van der Waals surface area (Å²) in [6.07, 6.45) is 6.39. The average Bonchev–Trinajstić information content (AvgIpc) is 3.01. The first kappa shape index (κ1) is 13.4. The smallest absolute Gasteiger partial charge is 0.0726 e. The molecule has 1 aliphatic carbocycles.